The highest BCUT2D eigenvalue weighted by Gasteiger charge is 2.20. The number of para-hydroxylation sites is 2. The molecule has 0 spiro atoms. The lowest BCUT2D eigenvalue weighted by atomic mass is 10.1. The lowest BCUT2D eigenvalue weighted by Crippen LogP contribution is -2.32. The molecule has 6 heteroatoms. The molecule has 0 unspecified atom stereocenters. The molecule has 0 saturated carbocycles. The molecule has 0 fully saturated rings. The molecule has 0 radical (unpaired) electrons. The van der Waals surface area contributed by atoms with E-state index in [4.69, 9.17) is 0 Å². The van der Waals surface area contributed by atoms with Crippen molar-refractivity contribution in [2.45, 2.75) is 6.54 Å². The number of nitrogens with zero attached hydrogens (tertiary/aromatic N) is 1. The number of carbonyl (C=O) groups excluding carboxylic acids is 1. The molecule has 6 nitrogen and oxygen atoms in total. The molecule has 0 saturated heterocycles. The summed E-state index contributed by atoms with van der Waals surface area (Å²) in [6.45, 7) is 0.0426. The minimum atomic E-state index is -0.692. The number of aryl methyl sites for hydroxylation is 1. The number of amides is 1. The Morgan fingerprint density at radius 2 is 1.75 bits per heavy atom. The van der Waals surface area contributed by atoms with Gasteiger partial charge in [0.05, 0.1) is 5.52 Å². The minimum Gasteiger partial charge on any atom is -0.508 e. The second-order valence-electron chi connectivity index (χ2n) is 5.42. The highest BCUT2D eigenvalue weighted by atomic mass is 16.3. The highest BCUT2D eigenvalue weighted by Crippen LogP contribution is 2.25. The van der Waals surface area contributed by atoms with Gasteiger partial charge in [-0.1, -0.05) is 30.3 Å². The number of pyridine rings is 1. The summed E-state index contributed by atoms with van der Waals surface area (Å²) < 4.78 is 1.32. The van der Waals surface area contributed by atoms with Crippen LogP contribution in [-0.4, -0.2) is 20.7 Å². The standard InChI is InChI=1S/C18H16N2O4/c1-20-13-8-4-3-7-12(13)16(22)15(18(20)24)17(23)19-10-11-6-2-5-9-14(11)21/h2-9,21-22H,10H2,1H3,(H,19,23). The zero-order valence-corrected chi connectivity index (χ0v) is 13.0. The molecule has 3 aromatic rings. The summed E-state index contributed by atoms with van der Waals surface area (Å²) in [5.41, 5.74) is 0.160. The Morgan fingerprint density at radius 3 is 2.50 bits per heavy atom. The number of hydrogen-bond acceptors (Lipinski definition) is 4. The van der Waals surface area contributed by atoms with E-state index in [1.807, 2.05) is 0 Å². The molecule has 24 heavy (non-hydrogen) atoms. The van der Waals surface area contributed by atoms with Crippen molar-refractivity contribution in [3.8, 4) is 11.5 Å². The van der Waals surface area contributed by atoms with Crippen LogP contribution in [0.1, 0.15) is 15.9 Å². The van der Waals surface area contributed by atoms with Gasteiger partial charge in [0, 0.05) is 24.5 Å². The minimum absolute atomic E-state index is 0.0426. The van der Waals surface area contributed by atoms with E-state index in [0.29, 0.717) is 16.5 Å². The van der Waals surface area contributed by atoms with Crippen LogP contribution in [0.4, 0.5) is 0 Å². The molecule has 122 valence electrons. The maximum absolute atomic E-state index is 12.4. The van der Waals surface area contributed by atoms with Crippen molar-refractivity contribution >= 4 is 16.8 Å². The van der Waals surface area contributed by atoms with Crippen LogP contribution in [-0.2, 0) is 13.6 Å². The fourth-order valence-electron chi connectivity index (χ4n) is 2.61. The van der Waals surface area contributed by atoms with E-state index in [9.17, 15) is 19.8 Å². The Labute approximate surface area is 137 Å². The lowest BCUT2D eigenvalue weighted by molar-refractivity contribution is 0.0946. The molecule has 1 aromatic heterocycles. The van der Waals surface area contributed by atoms with Gasteiger partial charge < -0.3 is 20.1 Å². The third-order valence-electron chi connectivity index (χ3n) is 3.93. The number of hydrogen-bond donors (Lipinski definition) is 3. The van der Waals surface area contributed by atoms with Crippen LogP contribution in [0.5, 0.6) is 11.5 Å². The van der Waals surface area contributed by atoms with Crippen LogP contribution >= 0.6 is 0 Å². The van der Waals surface area contributed by atoms with Gasteiger partial charge >= 0.3 is 0 Å². The van der Waals surface area contributed by atoms with Crippen molar-refractivity contribution < 1.29 is 15.0 Å². The predicted molar refractivity (Wildman–Crippen MR) is 90.1 cm³/mol. The molecule has 3 rings (SSSR count). The van der Waals surface area contributed by atoms with Crippen LogP contribution in [0, 0.1) is 0 Å². The molecule has 0 atom stereocenters. The Hall–Kier alpha value is -3.28. The maximum Gasteiger partial charge on any atom is 0.267 e. The van der Waals surface area contributed by atoms with E-state index in [2.05, 4.69) is 5.32 Å². The van der Waals surface area contributed by atoms with Crippen LogP contribution in [0.15, 0.2) is 53.3 Å². The fraction of sp³-hybridized carbons (Fsp3) is 0.111. The van der Waals surface area contributed by atoms with Crippen molar-refractivity contribution in [1.29, 1.82) is 0 Å². The number of aromatic nitrogens is 1. The van der Waals surface area contributed by atoms with Crippen molar-refractivity contribution in [3.63, 3.8) is 0 Å². The Bertz CT molecular complexity index is 992. The maximum atomic E-state index is 12.4. The monoisotopic (exact) mass is 324 g/mol. The van der Waals surface area contributed by atoms with Gasteiger partial charge in [-0.3, -0.25) is 9.59 Å². The first-order valence-electron chi connectivity index (χ1n) is 7.36. The molecule has 2 aromatic carbocycles. The zero-order chi connectivity index (χ0) is 17.3. The molecule has 1 amide bonds. The number of carbonyl (C=O) groups is 1. The van der Waals surface area contributed by atoms with Gasteiger partial charge in [-0.25, -0.2) is 0 Å². The van der Waals surface area contributed by atoms with E-state index in [1.54, 1.807) is 49.5 Å². The third-order valence-corrected chi connectivity index (χ3v) is 3.93. The summed E-state index contributed by atoms with van der Waals surface area (Å²) in [4.78, 5) is 24.8. The van der Waals surface area contributed by atoms with Gasteiger partial charge in [-0.2, -0.15) is 0 Å². The van der Waals surface area contributed by atoms with E-state index >= 15 is 0 Å². The molecule has 1 heterocycles. The van der Waals surface area contributed by atoms with E-state index in [-0.39, 0.29) is 23.6 Å². The van der Waals surface area contributed by atoms with Crippen LogP contribution < -0.4 is 10.9 Å². The fourth-order valence-corrected chi connectivity index (χ4v) is 2.61. The molecule has 0 aliphatic heterocycles. The van der Waals surface area contributed by atoms with Gasteiger partial charge in [0.15, 0.2) is 0 Å². The molecule has 0 aliphatic carbocycles. The smallest absolute Gasteiger partial charge is 0.267 e. The quantitative estimate of drug-likeness (QED) is 0.686. The molecule has 0 bridgehead atoms. The Kier molecular flexibility index (Phi) is 3.95. The third kappa shape index (κ3) is 2.58. The molecular formula is C18H16N2O4. The normalized spacial score (nSPS) is 10.7. The van der Waals surface area contributed by atoms with Crippen molar-refractivity contribution in [2.24, 2.45) is 7.05 Å². The van der Waals surface area contributed by atoms with Gasteiger partial charge in [0.2, 0.25) is 0 Å². The summed E-state index contributed by atoms with van der Waals surface area (Å²) in [5.74, 6) is -0.987. The van der Waals surface area contributed by atoms with E-state index in [1.165, 1.54) is 10.6 Å². The van der Waals surface area contributed by atoms with Crippen molar-refractivity contribution in [3.05, 3.63) is 70.0 Å². The lowest BCUT2D eigenvalue weighted by Gasteiger charge is -2.12. The number of aromatic hydroxyl groups is 2. The average molecular weight is 324 g/mol. The number of nitrogens with one attached hydrogen (secondary N) is 1. The van der Waals surface area contributed by atoms with Gasteiger partial charge in [-0.15, -0.1) is 0 Å². The first kappa shape index (κ1) is 15.6. The topological polar surface area (TPSA) is 91.6 Å². The first-order chi connectivity index (χ1) is 11.5. The average Bonchev–Trinajstić information content (AvgIpc) is 2.59. The summed E-state index contributed by atoms with van der Waals surface area (Å²) in [6.07, 6.45) is 0. The second kappa shape index (κ2) is 6.08. The summed E-state index contributed by atoms with van der Waals surface area (Å²) in [5, 5.41) is 23.1. The van der Waals surface area contributed by atoms with Crippen LogP contribution in [0.2, 0.25) is 0 Å². The van der Waals surface area contributed by atoms with Crippen molar-refractivity contribution in [2.75, 3.05) is 0 Å². The van der Waals surface area contributed by atoms with Gasteiger partial charge in [-0.05, 0) is 18.2 Å². The summed E-state index contributed by atoms with van der Waals surface area (Å²) in [7, 11) is 1.55. The number of phenolic OH excluding ortho intramolecular Hbond substituents is 1. The van der Waals surface area contributed by atoms with Crippen molar-refractivity contribution in [1.82, 2.24) is 9.88 Å². The Balaban J connectivity index is 1.99. The van der Waals surface area contributed by atoms with E-state index < -0.39 is 11.5 Å². The van der Waals surface area contributed by atoms with Crippen LogP contribution in [0.3, 0.4) is 0 Å². The Morgan fingerprint density at radius 1 is 1.08 bits per heavy atom. The summed E-state index contributed by atoms with van der Waals surface area (Å²) in [6, 6.07) is 13.4. The second-order valence-corrected chi connectivity index (χ2v) is 5.42. The molecule has 3 N–H and O–H groups in total. The van der Waals surface area contributed by atoms with E-state index in [0.717, 1.165) is 0 Å². The first-order valence-corrected chi connectivity index (χ1v) is 7.36. The largest absolute Gasteiger partial charge is 0.508 e. The number of benzene rings is 2. The number of phenols is 1. The molecular weight excluding hydrogens is 308 g/mol. The highest BCUT2D eigenvalue weighted by molar-refractivity contribution is 6.02. The molecule has 0 aliphatic rings. The number of fused-ring (bicyclic) bond motifs is 1. The SMILES string of the molecule is Cn1c(=O)c(C(=O)NCc2ccccc2O)c(O)c2ccccc21. The summed E-state index contributed by atoms with van der Waals surface area (Å²) >= 11 is 0. The van der Waals surface area contributed by atoms with Crippen LogP contribution in [0.25, 0.3) is 10.9 Å². The predicted octanol–water partition coefficient (Wildman–Crippen LogP) is 1.88. The van der Waals surface area contributed by atoms with Gasteiger partial charge in [0.1, 0.15) is 17.1 Å². The zero-order valence-electron chi connectivity index (χ0n) is 13.0. The van der Waals surface area contributed by atoms with Gasteiger partial charge in [0.25, 0.3) is 11.5 Å². The number of rotatable bonds is 3.